The van der Waals surface area contributed by atoms with E-state index in [1.165, 1.54) is 6.42 Å². The molecule has 3 heteroatoms. The Morgan fingerprint density at radius 2 is 2.07 bits per heavy atom. The lowest BCUT2D eigenvalue weighted by molar-refractivity contribution is 0.218. The van der Waals surface area contributed by atoms with Crippen molar-refractivity contribution >= 4 is 0 Å². The molecule has 0 aromatic heterocycles. The number of hydrogen-bond donors (Lipinski definition) is 1. The van der Waals surface area contributed by atoms with E-state index < -0.39 is 5.54 Å². The Kier molecular flexibility index (Phi) is 5.75. The minimum Gasteiger partial charge on any atom is -0.313 e. The van der Waals surface area contributed by atoms with Crippen LogP contribution < -0.4 is 5.73 Å². The molecule has 0 aliphatic rings. The number of hydrogen-bond acceptors (Lipinski definition) is 3. The molecule has 0 saturated heterocycles. The zero-order valence-corrected chi connectivity index (χ0v) is 9.88. The Morgan fingerprint density at radius 3 is 2.43 bits per heavy atom. The van der Waals surface area contributed by atoms with Gasteiger partial charge in [0.1, 0.15) is 5.54 Å². The molecule has 0 aromatic rings. The Bertz CT molecular complexity index is 193. The molecule has 2 atom stereocenters. The Morgan fingerprint density at radius 1 is 1.50 bits per heavy atom. The van der Waals surface area contributed by atoms with Crippen LogP contribution >= 0.6 is 0 Å². The molecule has 2 unspecified atom stereocenters. The van der Waals surface area contributed by atoms with E-state index in [4.69, 9.17) is 11.0 Å². The minimum atomic E-state index is -0.719. The second-order valence-corrected chi connectivity index (χ2v) is 4.37. The van der Waals surface area contributed by atoms with E-state index in [0.717, 1.165) is 13.1 Å². The van der Waals surface area contributed by atoms with Crippen molar-refractivity contribution < 1.29 is 0 Å². The Hall–Kier alpha value is -0.590. The summed E-state index contributed by atoms with van der Waals surface area (Å²) >= 11 is 0. The average Bonchev–Trinajstić information content (AvgIpc) is 2.16. The fourth-order valence-electron chi connectivity index (χ4n) is 1.38. The number of nitriles is 1. The average molecular weight is 197 g/mol. The fraction of sp³-hybridized carbons (Fsp3) is 0.909. The van der Waals surface area contributed by atoms with Gasteiger partial charge in [0.15, 0.2) is 0 Å². The van der Waals surface area contributed by atoms with Gasteiger partial charge in [-0.1, -0.05) is 27.2 Å². The van der Waals surface area contributed by atoms with Crippen LogP contribution in [0.15, 0.2) is 0 Å². The van der Waals surface area contributed by atoms with E-state index in [1.807, 2.05) is 0 Å². The number of likely N-dealkylation sites (N-methyl/N-ethyl adjacent to an activating group) is 1. The molecule has 3 nitrogen and oxygen atoms in total. The van der Waals surface area contributed by atoms with E-state index in [2.05, 4.69) is 31.7 Å². The van der Waals surface area contributed by atoms with Crippen molar-refractivity contribution in [1.82, 2.24) is 4.90 Å². The summed E-state index contributed by atoms with van der Waals surface area (Å²) in [6.07, 6.45) is 1.17. The quantitative estimate of drug-likeness (QED) is 0.703. The van der Waals surface area contributed by atoms with Gasteiger partial charge in [-0.15, -0.1) is 0 Å². The molecule has 82 valence electrons. The van der Waals surface area contributed by atoms with Gasteiger partial charge in [-0.2, -0.15) is 5.26 Å². The van der Waals surface area contributed by atoms with Crippen LogP contribution in [-0.2, 0) is 0 Å². The largest absolute Gasteiger partial charge is 0.313 e. The zero-order chi connectivity index (χ0) is 11.2. The van der Waals surface area contributed by atoms with Gasteiger partial charge in [0.25, 0.3) is 0 Å². The third-order valence-electron chi connectivity index (χ3n) is 2.52. The summed E-state index contributed by atoms with van der Waals surface area (Å²) in [6.45, 7) is 10.9. The molecule has 0 radical (unpaired) electrons. The molecule has 14 heavy (non-hydrogen) atoms. The molecule has 0 fully saturated rings. The third-order valence-corrected chi connectivity index (χ3v) is 2.52. The molecule has 2 N–H and O–H groups in total. The van der Waals surface area contributed by atoms with E-state index in [-0.39, 0.29) is 0 Å². The minimum absolute atomic E-state index is 0.657. The Balaban J connectivity index is 4.11. The van der Waals surface area contributed by atoms with Crippen molar-refractivity contribution in [3.8, 4) is 6.07 Å². The van der Waals surface area contributed by atoms with Crippen molar-refractivity contribution in [2.75, 3.05) is 19.6 Å². The van der Waals surface area contributed by atoms with Gasteiger partial charge in [0.05, 0.1) is 6.07 Å². The molecular weight excluding hydrogens is 174 g/mol. The first-order valence-corrected chi connectivity index (χ1v) is 5.37. The zero-order valence-electron chi connectivity index (χ0n) is 9.88. The lowest BCUT2D eigenvalue weighted by Crippen LogP contribution is -2.47. The number of rotatable bonds is 6. The molecule has 0 aliphatic heterocycles. The highest BCUT2D eigenvalue weighted by atomic mass is 15.1. The molecule has 0 aliphatic carbocycles. The summed E-state index contributed by atoms with van der Waals surface area (Å²) in [5, 5.41) is 8.83. The van der Waals surface area contributed by atoms with Crippen molar-refractivity contribution in [2.45, 2.75) is 39.7 Å². The van der Waals surface area contributed by atoms with Gasteiger partial charge in [-0.05, 0) is 19.4 Å². The van der Waals surface area contributed by atoms with Crippen molar-refractivity contribution in [3.05, 3.63) is 0 Å². The molecule has 0 spiro atoms. The summed E-state index contributed by atoms with van der Waals surface area (Å²) in [7, 11) is 0. The number of nitrogens with two attached hydrogens (primary N) is 1. The van der Waals surface area contributed by atoms with Crippen molar-refractivity contribution in [1.29, 1.82) is 5.26 Å². The predicted molar refractivity (Wildman–Crippen MR) is 59.8 cm³/mol. The highest BCUT2D eigenvalue weighted by molar-refractivity contribution is 5.02. The highest BCUT2D eigenvalue weighted by Gasteiger charge is 2.21. The molecule has 0 aromatic carbocycles. The van der Waals surface area contributed by atoms with Crippen molar-refractivity contribution in [2.24, 2.45) is 11.7 Å². The van der Waals surface area contributed by atoms with E-state index >= 15 is 0 Å². The monoisotopic (exact) mass is 197 g/mol. The molecule has 0 bridgehead atoms. The first-order chi connectivity index (χ1) is 6.45. The molecule has 0 rings (SSSR count). The van der Waals surface area contributed by atoms with Gasteiger partial charge in [-0.3, -0.25) is 0 Å². The lowest BCUT2D eigenvalue weighted by atomic mass is 10.0. The Labute approximate surface area is 87.9 Å². The highest BCUT2D eigenvalue weighted by Crippen LogP contribution is 2.07. The summed E-state index contributed by atoms with van der Waals surface area (Å²) in [4.78, 5) is 2.25. The van der Waals surface area contributed by atoms with Crippen LogP contribution in [0.2, 0.25) is 0 Å². The summed E-state index contributed by atoms with van der Waals surface area (Å²) < 4.78 is 0. The smallest absolute Gasteiger partial charge is 0.114 e. The van der Waals surface area contributed by atoms with E-state index in [1.54, 1.807) is 6.92 Å². The first-order valence-electron chi connectivity index (χ1n) is 5.37. The topological polar surface area (TPSA) is 53.0 Å². The van der Waals surface area contributed by atoms with Crippen LogP contribution in [0.5, 0.6) is 0 Å². The number of nitrogens with zero attached hydrogens (tertiary/aromatic N) is 2. The predicted octanol–water partition coefficient (Wildman–Crippen LogP) is 1.60. The fourth-order valence-corrected chi connectivity index (χ4v) is 1.38. The van der Waals surface area contributed by atoms with Crippen LogP contribution in [0.3, 0.4) is 0 Å². The van der Waals surface area contributed by atoms with Gasteiger partial charge in [0, 0.05) is 13.1 Å². The lowest BCUT2D eigenvalue weighted by Gasteiger charge is -2.28. The van der Waals surface area contributed by atoms with Crippen LogP contribution in [0.25, 0.3) is 0 Å². The summed E-state index contributed by atoms with van der Waals surface area (Å²) in [5.74, 6) is 0.671. The van der Waals surface area contributed by atoms with Crippen LogP contribution in [0.4, 0.5) is 0 Å². The SMILES string of the molecule is CCC(C)CN(CC)CC(C)(N)C#N. The standard InChI is InChI=1S/C11H23N3/c1-5-10(3)7-14(6-2)9-11(4,13)8-12/h10H,5-7,9,13H2,1-4H3. The van der Waals surface area contributed by atoms with Gasteiger partial charge in [-0.25, -0.2) is 0 Å². The molecule has 0 heterocycles. The summed E-state index contributed by atoms with van der Waals surface area (Å²) in [6, 6.07) is 2.13. The maximum Gasteiger partial charge on any atom is 0.114 e. The maximum absolute atomic E-state index is 8.83. The molecule has 0 amide bonds. The maximum atomic E-state index is 8.83. The molecular formula is C11H23N3. The van der Waals surface area contributed by atoms with Gasteiger partial charge >= 0.3 is 0 Å². The van der Waals surface area contributed by atoms with Crippen LogP contribution in [0, 0.1) is 17.2 Å². The third kappa shape index (κ3) is 5.21. The van der Waals surface area contributed by atoms with Gasteiger partial charge in [0.2, 0.25) is 0 Å². The second-order valence-electron chi connectivity index (χ2n) is 4.37. The van der Waals surface area contributed by atoms with Crippen LogP contribution in [-0.4, -0.2) is 30.1 Å². The normalized spacial score (nSPS) is 17.5. The van der Waals surface area contributed by atoms with E-state index in [9.17, 15) is 0 Å². The second kappa shape index (κ2) is 6.00. The van der Waals surface area contributed by atoms with Crippen molar-refractivity contribution in [3.63, 3.8) is 0 Å². The van der Waals surface area contributed by atoms with E-state index in [0.29, 0.717) is 12.5 Å². The van der Waals surface area contributed by atoms with Gasteiger partial charge < -0.3 is 10.6 Å². The first kappa shape index (κ1) is 13.4. The van der Waals surface area contributed by atoms with Crippen LogP contribution in [0.1, 0.15) is 34.1 Å². The molecule has 0 saturated carbocycles. The summed E-state index contributed by atoms with van der Waals surface area (Å²) in [5.41, 5.74) is 5.09.